The van der Waals surface area contributed by atoms with Gasteiger partial charge in [0.25, 0.3) is 5.91 Å². The van der Waals surface area contributed by atoms with Crippen LogP contribution < -0.4 is 10.5 Å². The van der Waals surface area contributed by atoms with Gasteiger partial charge in [0.15, 0.2) is 11.4 Å². The van der Waals surface area contributed by atoms with E-state index in [-0.39, 0.29) is 29.7 Å². The lowest BCUT2D eigenvalue weighted by atomic mass is 9.58. The second-order valence-electron chi connectivity index (χ2n) is 10.1. The number of allylic oxidation sites excluding steroid dienone is 1. The van der Waals surface area contributed by atoms with Crippen LogP contribution in [0, 0.1) is 11.8 Å². The first-order chi connectivity index (χ1) is 17.9. The molecule has 1 amide bonds. The molecule has 11 heteroatoms. The van der Waals surface area contributed by atoms with Gasteiger partial charge in [-0.05, 0) is 56.1 Å². The van der Waals surface area contributed by atoms with Crippen molar-refractivity contribution in [1.29, 1.82) is 0 Å². The summed E-state index contributed by atoms with van der Waals surface area (Å²) in [6.45, 7) is 0. The number of nitrogens with zero attached hydrogens (tertiary/aromatic N) is 2. The molecular formula is C27H27N3O8. The largest absolute Gasteiger partial charge is 0.510 e. The highest BCUT2D eigenvalue weighted by Crippen LogP contribution is 2.53. The summed E-state index contributed by atoms with van der Waals surface area (Å²) in [4.78, 5) is 44.9. The number of fused-ring (bicyclic) bond motifs is 3. The number of amides is 1. The summed E-state index contributed by atoms with van der Waals surface area (Å²) in [5, 5.41) is 44.6. The van der Waals surface area contributed by atoms with Crippen LogP contribution in [0.25, 0.3) is 11.1 Å². The molecule has 0 saturated heterocycles. The zero-order chi connectivity index (χ0) is 27.7. The summed E-state index contributed by atoms with van der Waals surface area (Å²) in [5.41, 5.74) is 3.35. The van der Waals surface area contributed by atoms with Crippen molar-refractivity contribution in [2.75, 3.05) is 21.2 Å². The van der Waals surface area contributed by atoms with Gasteiger partial charge in [0, 0.05) is 23.3 Å². The van der Waals surface area contributed by atoms with E-state index < -0.39 is 58.0 Å². The van der Waals surface area contributed by atoms with E-state index in [4.69, 9.17) is 10.5 Å². The molecule has 0 spiro atoms. The van der Waals surface area contributed by atoms with Gasteiger partial charge in [-0.1, -0.05) is 6.07 Å². The van der Waals surface area contributed by atoms with Gasteiger partial charge in [-0.2, -0.15) is 0 Å². The molecule has 1 aromatic carbocycles. The molecule has 3 aliphatic rings. The van der Waals surface area contributed by atoms with Gasteiger partial charge in [-0.15, -0.1) is 0 Å². The number of ether oxygens (including phenoxy) is 1. The first kappa shape index (κ1) is 25.4. The Morgan fingerprint density at radius 2 is 1.89 bits per heavy atom. The third-order valence-corrected chi connectivity index (χ3v) is 7.87. The highest BCUT2D eigenvalue weighted by Gasteiger charge is 2.63. The number of carbonyl (C=O) groups excluding carboxylic acids is 3. The molecule has 1 heterocycles. The van der Waals surface area contributed by atoms with E-state index in [1.165, 1.54) is 24.3 Å². The van der Waals surface area contributed by atoms with Crippen molar-refractivity contribution in [3.8, 4) is 22.6 Å². The molecule has 3 aliphatic carbocycles. The number of methoxy groups -OCH3 is 1. The fraction of sp³-hybridized carbons (Fsp3) is 0.333. The van der Waals surface area contributed by atoms with Crippen LogP contribution in [0.2, 0.25) is 0 Å². The SMILES string of the molecule is COc1cncc(-c2ccc(O)c3c2C[C@@H]2C[C@H]4C(N(C)C)C(O)=C(C(N)=O)C(=O)[C@@]4(O)C(O)=C2C3=O)c1. The number of benzene rings is 1. The number of primary amides is 1. The number of rotatable bonds is 4. The summed E-state index contributed by atoms with van der Waals surface area (Å²) in [6, 6.07) is 3.70. The van der Waals surface area contributed by atoms with Crippen molar-refractivity contribution in [3.63, 3.8) is 0 Å². The number of aromatic nitrogens is 1. The zero-order valence-electron chi connectivity index (χ0n) is 20.9. The number of hydrogen-bond acceptors (Lipinski definition) is 10. The number of phenolic OH excluding ortho intramolecular Hbond substituents is 1. The quantitative estimate of drug-likeness (QED) is 0.366. The fourth-order valence-corrected chi connectivity index (χ4v) is 6.20. The van der Waals surface area contributed by atoms with Gasteiger partial charge in [-0.3, -0.25) is 24.3 Å². The number of nitrogens with two attached hydrogens (primary N) is 1. The van der Waals surface area contributed by atoms with Crippen LogP contribution in [0.5, 0.6) is 11.5 Å². The molecule has 0 bridgehead atoms. The van der Waals surface area contributed by atoms with Gasteiger partial charge in [0.05, 0.1) is 24.9 Å². The lowest BCUT2D eigenvalue weighted by Crippen LogP contribution is -2.63. The number of Topliss-reactive ketones (excluding diaryl/α,β-unsaturated/α-hetero) is 2. The van der Waals surface area contributed by atoms with Gasteiger partial charge in [0.1, 0.15) is 28.6 Å². The minimum Gasteiger partial charge on any atom is -0.510 e. The van der Waals surface area contributed by atoms with Crippen molar-refractivity contribution in [2.45, 2.75) is 24.5 Å². The topological polar surface area (TPSA) is 184 Å². The Morgan fingerprint density at radius 3 is 2.53 bits per heavy atom. The molecule has 0 aliphatic heterocycles. The maximum Gasteiger partial charge on any atom is 0.255 e. The van der Waals surface area contributed by atoms with Gasteiger partial charge in [0.2, 0.25) is 5.78 Å². The number of aliphatic hydroxyl groups is 3. The van der Waals surface area contributed by atoms with Gasteiger partial charge >= 0.3 is 0 Å². The molecule has 0 fully saturated rings. The lowest BCUT2D eigenvalue weighted by Gasteiger charge is -2.50. The Morgan fingerprint density at radius 1 is 1.18 bits per heavy atom. The Labute approximate surface area is 217 Å². The van der Waals surface area contributed by atoms with Crippen LogP contribution in [0.3, 0.4) is 0 Å². The van der Waals surface area contributed by atoms with Crippen LogP contribution in [-0.2, 0) is 16.0 Å². The number of ketones is 2. The highest BCUT2D eigenvalue weighted by molar-refractivity contribution is 6.24. The second kappa shape index (κ2) is 8.67. The van der Waals surface area contributed by atoms with Gasteiger partial charge < -0.3 is 30.9 Å². The van der Waals surface area contributed by atoms with Crippen molar-refractivity contribution in [1.82, 2.24) is 9.88 Å². The third-order valence-electron chi connectivity index (χ3n) is 7.87. The second-order valence-corrected chi connectivity index (χ2v) is 10.1. The Hall–Kier alpha value is -4.22. The minimum absolute atomic E-state index is 0.0111. The molecule has 38 heavy (non-hydrogen) atoms. The molecule has 0 saturated carbocycles. The molecule has 4 atom stereocenters. The number of hydrogen-bond donors (Lipinski definition) is 5. The number of aromatic hydroxyl groups is 1. The van der Waals surface area contributed by atoms with E-state index in [2.05, 4.69) is 4.98 Å². The average Bonchev–Trinajstić information content (AvgIpc) is 2.86. The van der Waals surface area contributed by atoms with Gasteiger partial charge in [-0.25, -0.2) is 0 Å². The van der Waals surface area contributed by atoms with E-state index in [0.29, 0.717) is 22.4 Å². The molecule has 11 nitrogen and oxygen atoms in total. The van der Waals surface area contributed by atoms with E-state index in [0.717, 1.165) is 0 Å². The number of pyridine rings is 1. The first-order valence-corrected chi connectivity index (χ1v) is 11.9. The van der Waals surface area contributed by atoms with Crippen molar-refractivity contribution < 1.29 is 39.5 Å². The number of likely N-dealkylation sites (N-methyl/N-ethyl adjacent to an activating group) is 1. The summed E-state index contributed by atoms with van der Waals surface area (Å²) in [6.07, 6.45) is 3.31. The molecule has 198 valence electrons. The molecular weight excluding hydrogens is 494 g/mol. The first-order valence-electron chi connectivity index (χ1n) is 11.9. The van der Waals surface area contributed by atoms with Crippen LogP contribution in [0.15, 0.2) is 53.3 Å². The van der Waals surface area contributed by atoms with E-state index in [1.54, 1.807) is 32.4 Å². The monoisotopic (exact) mass is 521 g/mol. The molecule has 0 radical (unpaired) electrons. The maximum absolute atomic E-state index is 13.8. The Balaban J connectivity index is 1.72. The summed E-state index contributed by atoms with van der Waals surface area (Å²) >= 11 is 0. The number of phenols is 1. The van der Waals surface area contributed by atoms with Crippen LogP contribution >= 0.6 is 0 Å². The molecule has 1 aromatic heterocycles. The lowest BCUT2D eigenvalue weighted by molar-refractivity contribution is -0.148. The fourth-order valence-electron chi connectivity index (χ4n) is 6.20. The minimum atomic E-state index is -2.67. The summed E-state index contributed by atoms with van der Waals surface area (Å²) in [5.74, 6) is -6.37. The normalized spacial score (nSPS) is 26.7. The van der Waals surface area contributed by atoms with Crippen LogP contribution in [0.1, 0.15) is 22.3 Å². The smallest absolute Gasteiger partial charge is 0.255 e. The van der Waals surface area contributed by atoms with Crippen molar-refractivity contribution >= 4 is 17.5 Å². The maximum atomic E-state index is 13.8. The van der Waals surface area contributed by atoms with E-state index in [9.17, 15) is 34.8 Å². The summed E-state index contributed by atoms with van der Waals surface area (Å²) < 4.78 is 5.27. The standard InChI is InChI=1S/C27H27N3O8/c1-30(2)21-16-8-11-7-15-14(12-6-13(38-3)10-29-9-12)4-5-17(31)19(15)22(32)18(11)24(34)27(16,37)25(35)20(23(21)33)26(28)36/h4-6,9-11,16,21,31,33-34,37H,7-8H2,1-3H3,(H2,28,36)/t11-,16+,21?,27+/m1/s1. The van der Waals surface area contributed by atoms with Crippen LogP contribution in [0.4, 0.5) is 0 Å². The van der Waals surface area contributed by atoms with E-state index >= 15 is 0 Å². The average molecular weight is 522 g/mol. The van der Waals surface area contributed by atoms with Crippen LogP contribution in [-0.4, -0.2) is 80.6 Å². The molecule has 5 rings (SSSR count). The van der Waals surface area contributed by atoms with E-state index in [1.807, 2.05) is 0 Å². The van der Waals surface area contributed by atoms with Crippen molar-refractivity contribution in [2.24, 2.45) is 17.6 Å². The highest BCUT2D eigenvalue weighted by atomic mass is 16.5. The molecule has 6 N–H and O–H groups in total. The predicted molar refractivity (Wildman–Crippen MR) is 133 cm³/mol. The van der Waals surface area contributed by atoms with Crippen molar-refractivity contribution in [3.05, 3.63) is 64.4 Å². The third kappa shape index (κ3) is 3.35. The number of carbonyl (C=O) groups is 3. The zero-order valence-corrected chi connectivity index (χ0v) is 20.9. The number of aliphatic hydroxyl groups excluding tert-OH is 2. The predicted octanol–water partition coefficient (Wildman–Crippen LogP) is 1.19. The summed E-state index contributed by atoms with van der Waals surface area (Å²) in [7, 11) is 4.66. The Bertz CT molecular complexity index is 1480. The Kier molecular flexibility index (Phi) is 5.80. The molecule has 1 unspecified atom stereocenters. The molecule has 2 aromatic rings.